The van der Waals surface area contributed by atoms with Crippen LogP contribution in [0, 0.1) is 0 Å². The van der Waals surface area contributed by atoms with Crippen LogP contribution < -0.4 is 5.32 Å². The van der Waals surface area contributed by atoms with Crippen molar-refractivity contribution in [2.24, 2.45) is 0 Å². The number of aromatic nitrogens is 2. The standard InChI is InChI=1S/C16H22ClN3O/c1-11(2)20-9-14(8-18-20)12(3)19-16(10-21)13-4-6-15(17)7-5-13/h4-9,11-12,16,19,21H,10H2,1-3H3. The Morgan fingerprint density at radius 3 is 2.38 bits per heavy atom. The molecule has 2 unspecified atom stereocenters. The maximum Gasteiger partial charge on any atom is 0.0626 e. The zero-order valence-electron chi connectivity index (χ0n) is 12.6. The number of halogens is 1. The summed E-state index contributed by atoms with van der Waals surface area (Å²) >= 11 is 5.90. The highest BCUT2D eigenvalue weighted by molar-refractivity contribution is 6.30. The van der Waals surface area contributed by atoms with Gasteiger partial charge in [0.1, 0.15) is 0 Å². The highest BCUT2D eigenvalue weighted by Crippen LogP contribution is 2.21. The molecule has 0 spiro atoms. The maximum atomic E-state index is 9.62. The summed E-state index contributed by atoms with van der Waals surface area (Å²) in [6.07, 6.45) is 3.91. The van der Waals surface area contributed by atoms with Gasteiger partial charge in [0, 0.05) is 28.9 Å². The molecule has 21 heavy (non-hydrogen) atoms. The van der Waals surface area contributed by atoms with E-state index in [2.05, 4.69) is 31.2 Å². The van der Waals surface area contributed by atoms with Crippen LogP contribution in [0.2, 0.25) is 5.02 Å². The second kappa shape index (κ2) is 7.07. The van der Waals surface area contributed by atoms with E-state index in [1.54, 1.807) is 0 Å². The molecule has 2 N–H and O–H groups in total. The number of aliphatic hydroxyl groups excluding tert-OH is 1. The lowest BCUT2D eigenvalue weighted by Gasteiger charge is -2.21. The third-order valence-corrected chi connectivity index (χ3v) is 3.81. The molecule has 0 saturated heterocycles. The van der Waals surface area contributed by atoms with Crippen molar-refractivity contribution in [3.8, 4) is 0 Å². The zero-order valence-corrected chi connectivity index (χ0v) is 13.4. The number of hydrogen-bond donors (Lipinski definition) is 2. The van der Waals surface area contributed by atoms with Crippen LogP contribution in [0.3, 0.4) is 0 Å². The molecule has 0 amide bonds. The lowest BCUT2D eigenvalue weighted by molar-refractivity contribution is 0.235. The van der Waals surface area contributed by atoms with E-state index in [0.29, 0.717) is 11.1 Å². The van der Waals surface area contributed by atoms with Crippen LogP contribution in [-0.2, 0) is 0 Å². The van der Waals surface area contributed by atoms with Crippen LogP contribution in [0.5, 0.6) is 0 Å². The largest absolute Gasteiger partial charge is 0.394 e. The Morgan fingerprint density at radius 2 is 1.86 bits per heavy atom. The van der Waals surface area contributed by atoms with E-state index in [1.165, 1.54) is 0 Å². The smallest absolute Gasteiger partial charge is 0.0626 e. The van der Waals surface area contributed by atoms with Gasteiger partial charge >= 0.3 is 0 Å². The molecule has 0 aliphatic rings. The average molecular weight is 308 g/mol. The zero-order chi connectivity index (χ0) is 15.4. The minimum Gasteiger partial charge on any atom is -0.394 e. The van der Waals surface area contributed by atoms with Gasteiger partial charge in [-0.15, -0.1) is 0 Å². The molecule has 0 aliphatic carbocycles. The second-order valence-corrected chi connectivity index (χ2v) is 5.96. The minimum absolute atomic E-state index is 0.0320. The van der Waals surface area contributed by atoms with Crippen molar-refractivity contribution in [2.45, 2.75) is 38.9 Å². The van der Waals surface area contributed by atoms with E-state index < -0.39 is 0 Å². The van der Waals surface area contributed by atoms with Crippen molar-refractivity contribution in [1.82, 2.24) is 15.1 Å². The summed E-state index contributed by atoms with van der Waals surface area (Å²) in [4.78, 5) is 0. The molecule has 0 radical (unpaired) electrons. The Balaban J connectivity index is 2.08. The number of rotatable bonds is 6. The van der Waals surface area contributed by atoms with E-state index >= 15 is 0 Å². The van der Waals surface area contributed by atoms with Crippen LogP contribution in [0.1, 0.15) is 50.0 Å². The van der Waals surface area contributed by atoms with E-state index in [4.69, 9.17) is 11.6 Å². The summed E-state index contributed by atoms with van der Waals surface area (Å²) in [5.74, 6) is 0. The first-order chi connectivity index (χ1) is 10.0. The van der Waals surface area contributed by atoms with Crippen LogP contribution >= 0.6 is 11.6 Å². The molecule has 114 valence electrons. The first kappa shape index (κ1) is 16.0. The van der Waals surface area contributed by atoms with E-state index in [9.17, 15) is 5.11 Å². The van der Waals surface area contributed by atoms with Crippen molar-refractivity contribution in [3.63, 3.8) is 0 Å². The van der Waals surface area contributed by atoms with Crippen LogP contribution in [0.15, 0.2) is 36.7 Å². The topological polar surface area (TPSA) is 50.1 Å². The van der Waals surface area contributed by atoms with Gasteiger partial charge in [0.25, 0.3) is 0 Å². The quantitative estimate of drug-likeness (QED) is 0.858. The Bertz CT molecular complexity index is 565. The van der Waals surface area contributed by atoms with Gasteiger partial charge in [-0.2, -0.15) is 5.10 Å². The number of hydrogen-bond acceptors (Lipinski definition) is 3. The Hall–Kier alpha value is -1.36. The van der Waals surface area contributed by atoms with Gasteiger partial charge in [-0.1, -0.05) is 23.7 Å². The summed E-state index contributed by atoms with van der Waals surface area (Å²) in [5.41, 5.74) is 2.13. The molecular weight excluding hydrogens is 286 g/mol. The predicted octanol–water partition coefficient (Wildman–Crippen LogP) is 3.50. The van der Waals surface area contributed by atoms with Gasteiger partial charge in [0.05, 0.1) is 18.8 Å². The Kier molecular flexibility index (Phi) is 5.39. The normalized spacial score (nSPS) is 14.4. The Labute approximate surface area is 130 Å². The maximum absolute atomic E-state index is 9.62. The molecular formula is C16H22ClN3O. The van der Waals surface area contributed by atoms with E-state index in [-0.39, 0.29) is 18.7 Å². The molecule has 1 heterocycles. The van der Waals surface area contributed by atoms with Crippen molar-refractivity contribution in [1.29, 1.82) is 0 Å². The van der Waals surface area contributed by atoms with Crippen molar-refractivity contribution in [3.05, 3.63) is 52.8 Å². The SMILES string of the molecule is CC(NC(CO)c1ccc(Cl)cc1)c1cnn(C(C)C)c1. The first-order valence-electron chi connectivity index (χ1n) is 7.17. The molecule has 1 aromatic carbocycles. The summed E-state index contributed by atoms with van der Waals surface area (Å²) < 4.78 is 1.93. The van der Waals surface area contributed by atoms with Gasteiger partial charge in [-0.25, -0.2) is 0 Å². The van der Waals surface area contributed by atoms with Crippen LogP contribution in [-0.4, -0.2) is 21.5 Å². The molecule has 2 aromatic rings. The lowest BCUT2D eigenvalue weighted by atomic mass is 10.1. The molecule has 5 heteroatoms. The van der Waals surface area contributed by atoms with Gasteiger partial charge in [0.15, 0.2) is 0 Å². The van der Waals surface area contributed by atoms with Crippen LogP contribution in [0.4, 0.5) is 0 Å². The fraction of sp³-hybridized carbons (Fsp3) is 0.438. The van der Waals surface area contributed by atoms with Crippen molar-refractivity contribution < 1.29 is 5.11 Å². The third-order valence-electron chi connectivity index (χ3n) is 3.56. The predicted molar refractivity (Wildman–Crippen MR) is 85.4 cm³/mol. The van der Waals surface area contributed by atoms with Gasteiger partial charge in [-0.05, 0) is 38.5 Å². The molecule has 0 fully saturated rings. The van der Waals surface area contributed by atoms with Gasteiger partial charge < -0.3 is 10.4 Å². The molecule has 0 saturated carbocycles. The van der Waals surface area contributed by atoms with Gasteiger partial charge in [-0.3, -0.25) is 4.68 Å². The highest BCUT2D eigenvalue weighted by Gasteiger charge is 2.16. The second-order valence-electron chi connectivity index (χ2n) is 5.52. The number of aliphatic hydroxyl groups is 1. The fourth-order valence-corrected chi connectivity index (χ4v) is 2.33. The number of benzene rings is 1. The van der Waals surface area contributed by atoms with E-state index in [1.807, 2.05) is 41.3 Å². The number of nitrogens with one attached hydrogen (secondary N) is 1. The van der Waals surface area contributed by atoms with Crippen molar-refractivity contribution in [2.75, 3.05) is 6.61 Å². The Morgan fingerprint density at radius 1 is 1.19 bits per heavy atom. The lowest BCUT2D eigenvalue weighted by Crippen LogP contribution is -2.27. The molecule has 4 nitrogen and oxygen atoms in total. The molecule has 0 aliphatic heterocycles. The molecule has 0 bridgehead atoms. The molecule has 2 atom stereocenters. The monoisotopic (exact) mass is 307 g/mol. The fourth-order valence-electron chi connectivity index (χ4n) is 2.21. The van der Waals surface area contributed by atoms with Crippen LogP contribution in [0.25, 0.3) is 0 Å². The summed E-state index contributed by atoms with van der Waals surface area (Å²) in [6.45, 7) is 6.29. The minimum atomic E-state index is -0.125. The van der Waals surface area contributed by atoms with E-state index in [0.717, 1.165) is 11.1 Å². The van der Waals surface area contributed by atoms with Gasteiger partial charge in [0.2, 0.25) is 0 Å². The molecule has 1 aromatic heterocycles. The average Bonchev–Trinajstić information content (AvgIpc) is 2.96. The number of nitrogens with zero attached hydrogens (tertiary/aromatic N) is 2. The molecule has 2 rings (SSSR count). The first-order valence-corrected chi connectivity index (χ1v) is 7.55. The summed E-state index contributed by atoms with van der Waals surface area (Å²) in [5, 5.41) is 18.1. The van der Waals surface area contributed by atoms with Crippen molar-refractivity contribution >= 4 is 11.6 Å². The third kappa shape index (κ3) is 4.06. The summed E-state index contributed by atoms with van der Waals surface area (Å²) in [6, 6.07) is 7.85. The highest BCUT2D eigenvalue weighted by atomic mass is 35.5. The summed E-state index contributed by atoms with van der Waals surface area (Å²) in [7, 11) is 0.